The molecule has 0 aliphatic heterocycles. The summed E-state index contributed by atoms with van der Waals surface area (Å²) in [5.41, 5.74) is 1.84. The second-order valence-corrected chi connectivity index (χ2v) is 8.51. The molecular weight excluding hydrogens is 344 g/mol. The van der Waals surface area contributed by atoms with Gasteiger partial charge in [0.1, 0.15) is 0 Å². The average Bonchev–Trinajstić information content (AvgIpc) is 2.59. The van der Waals surface area contributed by atoms with E-state index in [1.54, 1.807) is 30.0 Å². The van der Waals surface area contributed by atoms with Gasteiger partial charge < -0.3 is 10.6 Å². The van der Waals surface area contributed by atoms with Crippen LogP contribution in [0.3, 0.4) is 0 Å². The van der Waals surface area contributed by atoms with Crippen molar-refractivity contribution in [3.05, 3.63) is 65.7 Å². The van der Waals surface area contributed by atoms with Crippen molar-refractivity contribution in [3.8, 4) is 0 Å². The van der Waals surface area contributed by atoms with Gasteiger partial charge in [0.2, 0.25) is 5.91 Å². The van der Waals surface area contributed by atoms with Gasteiger partial charge in [-0.05, 0) is 45.4 Å². The summed E-state index contributed by atoms with van der Waals surface area (Å²) >= 11 is 1.57. The van der Waals surface area contributed by atoms with E-state index >= 15 is 0 Å². The van der Waals surface area contributed by atoms with Crippen LogP contribution in [0.15, 0.2) is 54.6 Å². The van der Waals surface area contributed by atoms with Crippen LogP contribution in [0, 0.1) is 0 Å². The summed E-state index contributed by atoms with van der Waals surface area (Å²) in [7, 11) is 0. The van der Waals surface area contributed by atoms with Crippen LogP contribution in [0.25, 0.3) is 0 Å². The van der Waals surface area contributed by atoms with E-state index in [1.807, 2.05) is 64.1 Å². The van der Waals surface area contributed by atoms with E-state index in [1.165, 1.54) is 5.56 Å². The van der Waals surface area contributed by atoms with E-state index in [0.29, 0.717) is 11.3 Å². The second-order valence-electron chi connectivity index (χ2n) is 7.18. The minimum absolute atomic E-state index is 0.109. The summed E-state index contributed by atoms with van der Waals surface area (Å²) < 4.78 is 0. The molecule has 5 heteroatoms. The summed E-state index contributed by atoms with van der Waals surface area (Å²) in [6.45, 7) is 7.65. The Morgan fingerprint density at radius 1 is 1.00 bits per heavy atom. The molecule has 1 unspecified atom stereocenters. The zero-order valence-corrected chi connectivity index (χ0v) is 16.5. The van der Waals surface area contributed by atoms with Gasteiger partial charge in [0.05, 0.1) is 16.5 Å². The number of amides is 2. The predicted molar refractivity (Wildman–Crippen MR) is 109 cm³/mol. The standard InChI is InChI=1S/C21H26N2O2S/c1-15(26-14-16-10-6-5-7-11-16)19(24)22-18-13-9-8-12-17(18)20(25)23-21(2,3)4/h5-13,15H,14H2,1-4H3,(H,22,24)(H,23,25). The highest BCUT2D eigenvalue weighted by Gasteiger charge is 2.20. The van der Waals surface area contributed by atoms with Crippen LogP contribution in [0.5, 0.6) is 0 Å². The molecule has 2 N–H and O–H groups in total. The van der Waals surface area contributed by atoms with E-state index in [-0.39, 0.29) is 22.6 Å². The lowest BCUT2D eigenvalue weighted by Gasteiger charge is -2.22. The SMILES string of the molecule is CC(SCc1ccccc1)C(=O)Nc1ccccc1C(=O)NC(C)(C)C. The quantitative estimate of drug-likeness (QED) is 0.788. The first kappa shape index (κ1) is 20.0. The molecule has 0 bridgehead atoms. The first-order valence-corrected chi connectivity index (χ1v) is 9.69. The van der Waals surface area contributed by atoms with Gasteiger partial charge in [-0.3, -0.25) is 9.59 Å². The molecule has 4 nitrogen and oxygen atoms in total. The van der Waals surface area contributed by atoms with Crippen molar-refractivity contribution in [1.82, 2.24) is 5.32 Å². The van der Waals surface area contributed by atoms with Crippen LogP contribution in [0.1, 0.15) is 43.6 Å². The number of nitrogens with one attached hydrogen (secondary N) is 2. The van der Waals surface area contributed by atoms with E-state index in [0.717, 1.165) is 5.75 Å². The first-order chi connectivity index (χ1) is 12.3. The Hall–Kier alpha value is -2.27. The molecule has 2 amide bonds. The van der Waals surface area contributed by atoms with Crippen LogP contribution in [-0.4, -0.2) is 22.6 Å². The molecule has 0 saturated heterocycles. The van der Waals surface area contributed by atoms with Crippen molar-refractivity contribution >= 4 is 29.3 Å². The maximum absolute atomic E-state index is 12.5. The van der Waals surface area contributed by atoms with Crippen LogP contribution >= 0.6 is 11.8 Å². The number of anilines is 1. The van der Waals surface area contributed by atoms with Crippen LogP contribution in [0.2, 0.25) is 0 Å². The maximum Gasteiger partial charge on any atom is 0.253 e. The topological polar surface area (TPSA) is 58.2 Å². The normalized spacial score (nSPS) is 12.3. The van der Waals surface area contributed by atoms with Gasteiger partial charge in [-0.1, -0.05) is 42.5 Å². The van der Waals surface area contributed by atoms with Gasteiger partial charge in [0.25, 0.3) is 5.91 Å². The van der Waals surface area contributed by atoms with Crippen molar-refractivity contribution in [1.29, 1.82) is 0 Å². The number of benzene rings is 2. The average molecular weight is 371 g/mol. The summed E-state index contributed by atoms with van der Waals surface area (Å²) in [5, 5.41) is 5.59. The van der Waals surface area contributed by atoms with Crippen molar-refractivity contribution in [2.24, 2.45) is 0 Å². The minimum Gasteiger partial charge on any atom is -0.347 e. The van der Waals surface area contributed by atoms with Crippen molar-refractivity contribution in [3.63, 3.8) is 0 Å². The Labute approximate surface area is 159 Å². The Bertz CT molecular complexity index is 754. The molecule has 2 rings (SSSR count). The van der Waals surface area contributed by atoms with E-state index in [9.17, 15) is 9.59 Å². The fourth-order valence-electron chi connectivity index (χ4n) is 2.30. The number of hydrogen-bond donors (Lipinski definition) is 2. The number of hydrogen-bond acceptors (Lipinski definition) is 3. The molecule has 0 aliphatic carbocycles. The third-order valence-electron chi connectivity index (χ3n) is 3.63. The Morgan fingerprint density at radius 3 is 2.27 bits per heavy atom. The van der Waals surface area contributed by atoms with Gasteiger partial charge in [-0.25, -0.2) is 0 Å². The molecule has 26 heavy (non-hydrogen) atoms. The van der Waals surface area contributed by atoms with Gasteiger partial charge >= 0.3 is 0 Å². The summed E-state index contributed by atoms with van der Waals surface area (Å²) in [4.78, 5) is 25.0. The third-order valence-corrected chi connectivity index (χ3v) is 4.84. The molecule has 0 radical (unpaired) electrons. The Morgan fingerprint density at radius 2 is 1.62 bits per heavy atom. The molecule has 0 aromatic heterocycles. The van der Waals surface area contributed by atoms with Crippen LogP contribution in [-0.2, 0) is 10.5 Å². The van der Waals surface area contributed by atoms with Crippen molar-refractivity contribution in [2.45, 2.75) is 44.2 Å². The monoisotopic (exact) mass is 370 g/mol. The third kappa shape index (κ3) is 6.23. The number of thioether (sulfide) groups is 1. The lowest BCUT2D eigenvalue weighted by atomic mass is 10.1. The molecule has 0 spiro atoms. The summed E-state index contributed by atoms with van der Waals surface area (Å²) in [6, 6.07) is 17.1. The fourth-order valence-corrected chi connectivity index (χ4v) is 3.15. The summed E-state index contributed by atoms with van der Waals surface area (Å²) in [6.07, 6.45) is 0. The molecular formula is C21H26N2O2S. The molecule has 0 heterocycles. The van der Waals surface area contributed by atoms with Gasteiger partial charge in [0, 0.05) is 11.3 Å². The minimum atomic E-state index is -0.340. The lowest BCUT2D eigenvalue weighted by molar-refractivity contribution is -0.115. The highest BCUT2D eigenvalue weighted by molar-refractivity contribution is 7.99. The highest BCUT2D eigenvalue weighted by atomic mass is 32.2. The zero-order valence-electron chi connectivity index (χ0n) is 15.7. The zero-order chi connectivity index (χ0) is 19.2. The molecule has 0 aliphatic rings. The summed E-state index contributed by atoms with van der Waals surface area (Å²) in [5.74, 6) is 0.460. The number of para-hydroxylation sites is 1. The first-order valence-electron chi connectivity index (χ1n) is 8.64. The molecule has 138 valence electrons. The van der Waals surface area contributed by atoms with E-state index in [2.05, 4.69) is 10.6 Å². The Kier molecular flexibility index (Phi) is 6.86. The van der Waals surface area contributed by atoms with Crippen molar-refractivity contribution in [2.75, 3.05) is 5.32 Å². The number of carbonyl (C=O) groups is 2. The molecule has 0 saturated carbocycles. The van der Waals surface area contributed by atoms with Crippen LogP contribution < -0.4 is 10.6 Å². The van der Waals surface area contributed by atoms with Crippen LogP contribution in [0.4, 0.5) is 5.69 Å². The van der Waals surface area contributed by atoms with E-state index < -0.39 is 0 Å². The largest absolute Gasteiger partial charge is 0.347 e. The molecule has 1 atom stereocenters. The van der Waals surface area contributed by atoms with Gasteiger partial charge in [0.15, 0.2) is 0 Å². The molecule has 0 fully saturated rings. The fraction of sp³-hybridized carbons (Fsp3) is 0.333. The smallest absolute Gasteiger partial charge is 0.253 e. The maximum atomic E-state index is 12.5. The molecule has 2 aromatic carbocycles. The van der Waals surface area contributed by atoms with E-state index in [4.69, 9.17) is 0 Å². The van der Waals surface area contributed by atoms with Gasteiger partial charge in [-0.15, -0.1) is 11.8 Å². The number of carbonyl (C=O) groups excluding carboxylic acids is 2. The molecule has 2 aromatic rings. The number of rotatable bonds is 6. The second kappa shape index (κ2) is 8.90. The lowest BCUT2D eigenvalue weighted by Crippen LogP contribution is -2.41. The predicted octanol–water partition coefficient (Wildman–Crippen LogP) is 4.48. The van der Waals surface area contributed by atoms with Gasteiger partial charge in [-0.2, -0.15) is 0 Å². The van der Waals surface area contributed by atoms with Crippen molar-refractivity contribution < 1.29 is 9.59 Å². The Balaban J connectivity index is 2.01. The highest BCUT2D eigenvalue weighted by Crippen LogP contribution is 2.21.